The largest absolute Gasteiger partial charge is 0.375 e. The van der Waals surface area contributed by atoms with Gasteiger partial charge in [-0.3, -0.25) is 14.0 Å². The summed E-state index contributed by atoms with van der Waals surface area (Å²) in [6, 6.07) is 19.6. The molecule has 8 heteroatoms. The molecule has 1 N–H and O–H groups in total. The van der Waals surface area contributed by atoms with Crippen molar-refractivity contribution >= 4 is 38.1 Å². The van der Waals surface area contributed by atoms with E-state index in [1.165, 1.54) is 11.3 Å². The van der Waals surface area contributed by atoms with Gasteiger partial charge in [-0.05, 0) is 42.1 Å². The smallest absolute Gasteiger partial charge is 0.263 e. The van der Waals surface area contributed by atoms with Crippen molar-refractivity contribution in [2.24, 2.45) is 7.05 Å². The molecule has 35 heavy (non-hydrogen) atoms. The van der Waals surface area contributed by atoms with Crippen molar-refractivity contribution < 1.29 is 0 Å². The molecule has 6 aromatic rings. The fraction of sp³-hybridized carbons (Fsp3) is 0.111. The number of para-hydroxylation sites is 1. The van der Waals surface area contributed by atoms with Gasteiger partial charge in [0.15, 0.2) is 0 Å². The molecule has 0 saturated carbocycles. The van der Waals surface area contributed by atoms with Gasteiger partial charge in [-0.2, -0.15) is 5.10 Å². The first-order valence-corrected chi connectivity index (χ1v) is 12.2. The third-order valence-electron chi connectivity index (χ3n) is 6.16. The van der Waals surface area contributed by atoms with Crippen molar-refractivity contribution in [3.63, 3.8) is 0 Å². The Bertz CT molecular complexity index is 1730. The van der Waals surface area contributed by atoms with Crippen molar-refractivity contribution in [3.05, 3.63) is 101 Å². The molecular formula is C27H22N6OS. The number of hydrogen-bond donors (Lipinski definition) is 1. The van der Waals surface area contributed by atoms with Gasteiger partial charge in [0.05, 0.1) is 28.8 Å². The first-order chi connectivity index (χ1) is 17.1. The van der Waals surface area contributed by atoms with Crippen LogP contribution in [0.25, 0.3) is 37.9 Å². The van der Waals surface area contributed by atoms with Gasteiger partial charge in [-0.1, -0.05) is 36.4 Å². The van der Waals surface area contributed by atoms with Gasteiger partial charge in [-0.25, -0.2) is 9.97 Å². The molecule has 4 heterocycles. The summed E-state index contributed by atoms with van der Waals surface area (Å²) >= 11 is 1.51. The Morgan fingerprint density at radius 3 is 2.69 bits per heavy atom. The summed E-state index contributed by atoms with van der Waals surface area (Å²) in [5.41, 5.74) is 6.91. The lowest BCUT2D eigenvalue weighted by Crippen LogP contribution is -2.26. The Kier molecular flexibility index (Phi) is 5.15. The number of nitrogens with one attached hydrogen (secondary N) is 1. The molecule has 2 aromatic carbocycles. The number of benzene rings is 2. The van der Waals surface area contributed by atoms with E-state index >= 15 is 0 Å². The van der Waals surface area contributed by atoms with Gasteiger partial charge in [0.1, 0.15) is 10.3 Å². The van der Waals surface area contributed by atoms with Crippen LogP contribution in [0.3, 0.4) is 0 Å². The minimum atomic E-state index is -0.179. The molecular weight excluding hydrogens is 456 g/mol. The van der Waals surface area contributed by atoms with E-state index < -0.39 is 0 Å². The zero-order chi connectivity index (χ0) is 23.9. The number of anilines is 1. The van der Waals surface area contributed by atoms with Crippen LogP contribution < -0.4 is 10.9 Å². The average molecular weight is 479 g/mol. The van der Waals surface area contributed by atoms with Crippen molar-refractivity contribution in [2.45, 2.75) is 13.0 Å². The molecule has 0 bridgehead atoms. The molecule has 0 fully saturated rings. The number of rotatable bonds is 5. The highest BCUT2D eigenvalue weighted by atomic mass is 32.1. The molecule has 7 nitrogen and oxygen atoms in total. The first-order valence-electron chi connectivity index (χ1n) is 11.3. The Morgan fingerprint density at radius 1 is 1.03 bits per heavy atom. The summed E-state index contributed by atoms with van der Waals surface area (Å²) < 4.78 is 3.55. The minimum absolute atomic E-state index is 0.0645. The molecule has 1 unspecified atom stereocenters. The quantitative estimate of drug-likeness (QED) is 0.351. The number of nitrogens with zero attached hydrogens (tertiary/aromatic N) is 5. The second-order valence-electron chi connectivity index (χ2n) is 8.45. The predicted molar refractivity (Wildman–Crippen MR) is 141 cm³/mol. The van der Waals surface area contributed by atoms with E-state index in [0.717, 1.165) is 43.9 Å². The minimum Gasteiger partial charge on any atom is -0.375 e. The third kappa shape index (κ3) is 3.68. The molecule has 0 aliphatic rings. The summed E-state index contributed by atoms with van der Waals surface area (Å²) in [6.07, 6.45) is 5.50. The van der Waals surface area contributed by atoms with Crippen molar-refractivity contribution in [3.8, 4) is 16.8 Å². The normalized spacial score (nSPS) is 12.3. The lowest BCUT2D eigenvalue weighted by atomic mass is 9.99. The van der Waals surface area contributed by atoms with E-state index in [0.29, 0.717) is 5.39 Å². The number of hydrogen-bond acceptors (Lipinski definition) is 6. The zero-order valence-electron chi connectivity index (χ0n) is 19.2. The van der Waals surface area contributed by atoms with Crippen LogP contribution in [0.1, 0.15) is 18.7 Å². The molecule has 0 saturated heterocycles. The van der Waals surface area contributed by atoms with Crippen LogP contribution in [-0.2, 0) is 7.05 Å². The predicted octanol–water partition coefficient (Wildman–Crippen LogP) is 5.57. The van der Waals surface area contributed by atoms with Gasteiger partial charge in [0.25, 0.3) is 5.56 Å². The summed E-state index contributed by atoms with van der Waals surface area (Å²) in [4.78, 5) is 23.9. The summed E-state index contributed by atoms with van der Waals surface area (Å²) in [6.45, 7) is 2.06. The van der Waals surface area contributed by atoms with E-state index in [-0.39, 0.29) is 11.6 Å². The van der Waals surface area contributed by atoms with Gasteiger partial charge in [-0.15, -0.1) is 11.3 Å². The van der Waals surface area contributed by atoms with Gasteiger partial charge < -0.3 is 5.32 Å². The topological polar surface area (TPSA) is 77.6 Å². The van der Waals surface area contributed by atoms with Crippen LogP contribution in [0.15, 0.2) is 89.6 Å². The number of fused-ring (bicyclic) bond motifs is 2. The summed E-state index contributed by atoms with van der Waals surface area (Å²) in [5, 5.41) is 9.44. The van der Waals surface area contributed by atoms with Crippen LogP contribution in [0.5, 0.6) is 0 Å². The van der Waals surface area contributed by atoms with Crippen molar-refractivity contribution in [2.75, 3.05) is 5.32 Å². The van der Waals surface area contributed by atoms with Crippen molar-refractivity contribution in [1.29, 1.82) is 0 Å². The van der Waals surface area contributed by atoms with E-state index in [9.17, 15) is 4.79 Å². The fourth-order valence-electron chi connectivity index (χ4n) is 4.54. The third-order valence-corrected chi connectivity index (χ3v) is 6.89. The maximum atomic E-state index is 14.2. The number of aryl methyl sites for hydroxylation is 1. The number of pyridine rings is 2. The van der Waals surface area contributed by atoms with Crippen LogP contribution in [0.4, 0.5) is 5.69 Å². The number of aromatic nitrogens is 5. The highest BCUT2D eigenvalue weighted by Gasteiger charge is 2.20. The average Bonchev–Trinajstić information content (AvgIpc) is 3.53. The lowest BCUT2D eigenvalue weighted by molar-refractivity contribution is 0.768. The lowest BCUT2D eigenvalue weighted by Gasteiger charge is -2.22. The standard InChI is InChI=1S/C27H22N6OS/c1-17(31-22-11-12-28-26-25(22)29-16-35-26)23-13-18-7-6-10-21(19-14-30-32(2)15-19)24(18)27(34)33(23)20-8-4-3-5-9-20/h3-17H,1-2H3,(H,28,31). The molecule has 172 valence electrons. The second kappa shape index (κ2) is 8.48. The zero-order valence-corrected chi connectivity index (χ0v) is 20.0. The van der Waals surface area contributed by atoms with Gasteiger partial charge in [0, 0.05) is 36.4 Å². The number of thiazole rings is 1. The molecule has 0 spiro atoms. The van der Waals surface area contributed by atoms with E-state index in [2.05, 4.69) is 33.4 Å². The van der Waals surface area contributed by atoms with Crippen molar-refractivity contribution in [1.82, 2.24) is 24.3 Å². The fourth-order valence-corrected chi connectivity index (χ4v) is 5.20. The Labute approximate surface area is 205 Å². The van der Waals surface area contributed by atoms with E-state index in [1.54, 1.807) is 27.2 Å². The maximum absolute atomic E-state index is 14.2. The van der Waals surface area contributed by atoms with Crippen LogP contribution in [0.2, 0.25) is 0 Å². The van der Waals surface area contributed by atoms with Gasteiger partial charge in [0.2, 0.25) is 0 Å². The van der Waals surface area contributed by atoms with Crippen LogP contribution >= 0.6 is 11.3 Å². The molecule has 0 aliphatic heterocycles. The van der Waals surface area contributed by atoms with Crippen LogP contribution in [-0.4, -0.2) is 24.3 Å². The molecule has 6 rings (SSSR count). The maximum Gasteiger partial charge on any atom is 0.263 e. The van der Waals surface area contributed by atoms with E-state index in [4.69, 9.17) is 0 Å². The highest BCUT2D eigenvalue weighted by molar-refractivity contribution is 7.16. The Hall–Kier alpha value is -4.30. The SMILES string of the molecule is CC(Nc1ccnc2scnc12)c1cc2cccc(-c3cnn(C)c3)c2c(=O)n1-c1ccccc1. The Balaban J connectivity index is 1.57. The van der Waals surface area contributed by atoms with Gasteiger partial charge >= 0.3 is 0 Å². The first kappa shape index (κ1) is 21.2. The van der Waals surface area contributed by atoms with Crippen LogP contribution in [0, 0.1) is 0 Å². The van der Waals surface area contributed by atoms with E-state index in [1.807, 2.05) is 67.8 Å². The Morgan fingerprint density at radius 2 is 1.89 bits per heavy atom. The highest BCUT2D eigenvalue weighted by Crippen LogP contribution is 2.31. The molecule has 0 aliphatic carbocycles. The summed E-state index contributed by atoms with van der Waals surface area (Å²) in [7, 11) is 1.88. The molecule has 0 amide bonds. The molecule has 0 radical (unpaired) electrons. The summed E-state index contributed by atoms with van der Waals surface area (Å²) in [5.74, 6) is 0. The second-order valence-corrected chi connectivity index (χ2v) is 9.28. The molecule has 1 atom stereocenters. The monoisotopic (exact) mass is 478 g/mol. The molecule has 4 aromatic heterocycles.